The molecule has 2 heterocycles. The number of tetrazole rings is 1. The fourth-order valence-corrected chi connectivity index (χ4v) is 1.49. The van der Waals surface area contributed by atoms with E-state index in [0.29, 0.717) is 16.7 Å². The Balaban J connectivity index is 1.83. The second-order valence-electron chi connectivity index (χ2n) is 3.80. The van der Waals surface area contributed by atoms with Crippen molar-refractivity contribution in [3.8, 4) is 0 Å². The van der Waals surface area contributed by atoms with Gasteiger partial charge in [-0.05, 0) is 12.1 Å². The predicted octanol–water partition coefficient (Wildman–Crippen LogP) is 0.000700. The van der Waals surface area contributed by atoms with Crippen molar-refractivity contribution < 1.29 is 4.79 Å². The fourth-order valence-electron chi connectivity index (χ4n) is 1.38. The first-order valence-corrected chi connectivity index (χ1v) is 5.84. The van der Waals surface area contributed by atoms with Crippen molar-refractivity contribution in [3.05, 3.63) is 29.2 Å². The van der Waals surface area contributed by atoms with Crippen LogP contribution in [0.3, 0.4) is 0 Å². The van der Waals surface area contributed by atoms with Crippen LogP contribution in [-0.2, 0) is 11.3 Å². The van der Waals surface area contributed by atoms with Crippen LogP contribution in [-0.4, -0.2) is 45.1 Å². The molecule has 9 heteroatoms. The quantitative estimate of drug-likeness (QED) is 0.800. The van der Waals surface area contributed by atoms with E-state index in [1.165, 1.54) is 6.20 Å². The summed E-state index contributed by atoms with van der Waals surface area (Å²) in [6, 6.07) is 3.46. The topological polar surface area (TPSA) is 99.7 Å². The molecule has 0 aliphatic heterocycles. The Morgan fingerprint density at radius 3 is 3.00 bits per heavy atom. The molecule has 2 aromatic rings. The molecule has 0 atom stereocenters. The number of anilines is 1. The van der Waals surface area contributed by atoms with E-state index in [4.69, 9.17) is 11.6 Å². The summed E-state index contributed by atoms with van der Waals surface area (Å²) >= 11 is 5.75. The summed E-state index contributed by atoms with van der Waals surface area (Å²) in [5, 5.41) is 16.4. The third-order valence-corrected chi connectivity index (χ3v) is 2.54. The first-order chi connectivity index (χ1) is 9.15. The number of carbonyl (C=O) groups is 1. The molecule has 0 saturated heterocycles. The van der Waals surface area contributed by atoms with Gasteiger partial charge in [-0.15, -0.1) is 10.2 Å². The standard InChI is InChI=1S/C10H12ClN7O/c1-18(9-3-2-7(11)4-12-9)6-10(19)13-5-8-14-16-17-15-8/h2-4H,5-6H2,1H3,(H,13,19)(H,14,15,16,17). The van der Waals surface area contributed by atoms with Crippen LogP contribution < -0.4 is 10.2 Å². The molecule has 19 heavy (non-hydrogen) atoms. The Labute approximate surface area is 114 Å². The molecule has 0 fully saturated rings. The minimum atomic E-state index is -0.163. The van der Waals surface area contributed by atoms with Gasteiger partial charge in [0.2, 0.25) is 5.91 Å². The Morgan fingerprint density at radius 2 is 2.37 bits per heavy atom. The van der Waals surface area contributed by atoms with E-state index < -0.39 is 0 Å². The molecule has 0 aromatic carbocycles. The second kappa shape index (κ2) is 6.10. The summed E-state index contributed by atoms with van der Waals surface area (Å²) in [5.74, 6) is 0.934. The van der Waals surface area contributed by atoms with Gasteiger partial charge in [0.05, 0.1) is 18.1 Å². The van der Waals surface area contributed by atoms with Gasteiger partial charge < -0.3 is 10.2 Å². The maximum atomic E-state index is 11.7. The van der Waals surface area contributed by atoms with E-state index in [-0.39, 0.29) is 19.0 Å². The lowest BCUT2D eigenvalue weighted by molar-refractivity contribution is -0.119. The number of aromatic amines is 1. The summed E-state index contributed by atoms with van der Waals surface area (Å²) in [7, 11) is 1.77. The maximum absolute atomic E-state index is 11.7. The van der Waals surface area contributed by atoms with Gasteiger partial charge in [0.1, 0.15) is 5.82 Å². The van der Waals surface area contributed by atoms with Gasteiger partial charge in [0, 0.05) is 13.2 Å². The zero-order chi connectivity index (χ0) is 13.7. The zero-order valence-electron chi connectivity index (χ0n) is 10.2. The highest BCUT2D eigenvalue weighted by molar-refractivity contribution is 6.30. The molecule has 8 nitrogen and oxygen atoms in total. The highest BCUT2D eigenvalue weighted by Gasteiger charge is 2.09. The van der Waals surface area contributed by atoms with Crippen molar-refractivity contribution in [1.82, 2.24) is 30.9 Å². The number of carbonyl (C=O) groups excluding carboxylic acids is 1. The normalized spacial score (nSPS) is 10.2. The van der Waals surface area contributed by atoms with Crippen molar-refractivity contribution in [2.24, 2.45) is 0 Å². The molecule has 0 unspecified atom stereocenters. The summed E-state index contributed by atoms with van der Waals surface area (Å²) < 4.78 is 0. The lowest BCUT2D eigenvalue weighted by Gasteiger charge is -2.17. The molecule has 100 valence electrons. The molecule has 2 aromatic heterocycles. The van der Waals surface area contributed by atoms with Crippen molar-refractivity contribution in [3.63, 3.8) is 0 Å². The molecule has 2 N–H and O–H groups in total. The molecule has 0 aliphatic rings. The van der Waals surface area contributed by atoms with Crippen LogP contribution in [0.25, 0.3) is 0 Å². The minimum absolute atomic E-state index is 0.163. The van der Waals surface area contributed by atoms with Crippen molar-refractivity contribution in [2.45, 2.75) is 6.54 Å². The van der Waals surface area contributed by atoms with E-state index in [0.717, 1.165) is 0 Å². The molecule has 0 bridgehead atoms. The van der Waals surface area contributed by atoms with E-state index in [9.17, 15) is 4.79 Å². The molecule has 0 spiro atoms. The molecule has 2 rings (SSSR count). The van der Waals surface area contributed by atoms with Gasteiger partial charge >= 0.3 is 0 Å². The zero-order valence-corrected chi connectivity index (χ0v) is 10.9. The van der Waals surface area contributed by atoms with Gasteiger partial charge in [-0.3, -0.25) is 4.79 Å². The van der Waals surface area contributed by atoms with Crippen LogP contribution in [0.1, 0.15) is 5.82 Å². The van der Waals surface area contributed by atoms with Crippen LogP contribution in [0.4, 0.5) is 5.82 Å². The first-order valence-electron chi connectivity index (χ1n) is 5.47. The molecular weight excluding hydrogens is 270 g/mol. The average Bonchev–Trinajstić information content (AvgIpc) is 2.90. The molecule has 1 amide bonds. The van der Waals surface area contributed by atoms with Gasteiger partial charge in [-0.2, -0.15) is 5.21 Å². The van der Waals surface area contributed by atoms with Gasteiger partial charge in [0.25, 0.3) is 0 Å². The van der Waals surface area contributed by atoms with Gasteiger partial charge in [0.15, 0.2) is 5.82 Å². The van der Waals surface area contributed by atoms with Crippen LogP contribution in [0.15, 0.2) is 18.3 Å². The number of aromatic nitrogens is 5. The van der Waals surface area contributed by atoms with E-state index in [1.54, 1.807) is 24.1 Å². The number of nitrogens with one attached hydrogen (secondary N) is 2. The Morgan fingerprint density at radius 1 is 1.53 bits per heavy atom. The molecule has 0 radical (unpaired) electrons. The molecule has 0 aliphatic carbocycles. The van der Waals surface area contributed by atoms with Crippen molar-refractivity contribution >= 4 is 23.3 Å². The van der Waals surface area contributed by atoms with E-state index >= 15 is 0 Å². The second-order valence-corrected chi connectivity index (χ2v) is 4.23. The number of amides is 1. The van der Waals surface area contributed by atoms with E-state index in [1.807, 2.05) is 0 Å². The van der Waals surface area contributed by atoms with E-state index in [2.05, 4.69) is 30.9 Å². The number of hydrogen-bond acceptors (Lipinski definition) is 6. The first kappa shape index (κ1) is 13.2. The van der Waals surface area contributed by atoms with Gasteiger partial charge in [-0.25, -0.2) is 4.98 Å². The molecular formula is C10H12ClN7O. The number of likely N-dealkylation sites (N-methyl/N-ethyl adjacent to an activating group) is 1. The molecule has 0 saturated carbocycles. The number of pyridine rings is 1. The van der Waals surface area contributed by atoms with Crippen LogP contribution in [0, 0.1) is 0 Å². The Hall–Kier alpha value is -2.22. The third-order valence-electron chi connectivity index (χ3n) is 2.32. The fraction of sp³-hybridized carbons (Fsp3) is 0.300. The average molecular weight is 282 g/mol. The van der Waals surface area contributed by atoms with Crippen molar-refractivity contribution in [1.29, 1.82) is 0 Å². The smallest absolute Gasteiger partial charge is 0.239 e. The lowest BCUT2D eigenvalue weighted by atomic mass is 10.4. The van der Waals surface area contributed by atoms with Gasteiger partial charge in [-0.1, -0.05) is 16.8 Å². The predicted molar refractivity (Wildman–Crippen MR) is 68.5 cm³/mol. The summed E-state index contributed by atoms with van der Waals surface area (Å²) in [6.07, 6.45) is 1.53. The highest BCUT2D eigenvalue weighted by Crippen LogP contribution is 2.12. The summed E-state index contributed by atoms with van der Waals surface area (Å²) in [5.41, 5.74) is 0. The number of halogens is 1. The SMILES string of the molecule is CN(CC(=O)NCc1nn[nH]n1)c1ccc(Cl)cn1. The van der Waals surface area contributed by atoms with Crippen LogP contribution >= 0.6 is 11.6 Å². The van der Waals surface area contributed by atoms with Crippen molar-refractivity contribution in [2.75, 3.05) is 18.5 Å². The third kappa shape index (κ3) is 3.88. The number of nitrogens with zero attached hydrogens (tertiary/aromatic N) is 5. The number of hydrogen-bond donors (Lipinski definition) is 2. The minimum Gasteiger partial charge on any atom is -0.350 e. The maximum Gasteiger partial charge on any atom is 0.239 e. The summed E-state index contributed by atoms with van der Waals surface area (Å²) in [6.45, 7) is 0.406. The number of rotatable bonds is 5. The van der Waals surface area contributed by atoms with Crippen LogP contribution in [0.2, 0.25) is 5.02 Å². The largest absolute Gasteiger partial charge is 0.350 e. The number of H-pyrrole nitrogens is 1. The Bertz CT molecular complexity index is 527. The van der Waals surface area contributed by atoms with Crippen LogP contribution in [0.5, 0.6) is 0 Å². The highest BCUT2D eigenvalue weighted by atomic mass is 35.5. The Kier molecular flexibility index (Phi) is 4.24. The monoisotopic (exact) mass is 281 g/mol. The lowest BCUT2D eigenvalue weighted by Crippen LogP contribution is -2.35. The summed E-state index contributed by atoms with van der Waals surface area (Å²) in [4.78, 5) is 17.5.